The van der Waals surface area contributed by atoms with Gasteiger partial charge in [-0.05, 0) is 17.7 Å². The van der Waals surface area contributed by atoms with Gasteiger partial charge in [0, 0.05) is 48.5 Å². The van der Waals surface area contributed by atoms with Gasteiger partial charge in [-0.2, -0.15) is 15.4 Å². The molecule has 4 N–H and O–H groups in total. The van der Waals surface area contributed by atoms with E-state index < -0.39 is 0 Å². The molecule has 0 amide bonds. The third kappa shape index (κ3) is 3.00. The molecule has 0 fully saturated rings. The second kappa shape index (κ2) is 6.55. The summed E-state index contributed by atoms with van der Waals surface area (Å²) in [6.45, 7) is 1.61. The smallest absolute Gasteiger partial charge is 0.122 e. The molecule has 0 aliphatic heterocycles. The largest absolute Gasteiger partial charge is 0.367 e. The Hall–Kier alpha value is -3.12. The van der Waals surface area contributed by atoms with Gasteiger partial charge in [-0.3, -0.25) is 0 Å². The van der Waals surface area contributed by atoms with Gasteiger partial charge in [-0.1, -0.05) is 30.3 Å². The fraction of sp³-hybridized carbons (Fsp3) is 0.111. The molecule has 0 bridgehead atoms. The molecule has 3 heterocycles. The number of hydrogen-bond acceptors (Lipinski definition) is 3. The molecule has 4 rings (SSSR count). The first-order valence-electron chi connectivity index (χ1n) is 7.86. The second-order valence-corrected chi connectivity index (χ2v) is 5.62. The van der Waals surface area contributed by atoms with Crippen LogP contribution in [0.25, 0.3) is 22.5 Å². The highest BCUT2D eigenvalue weighted by Crippen LogP contribution is 2.28. The molecule has 24 heavy (non-hydrogen) atoms. The van der Waals surface area contributed by atoms with Gasteiger partial charge in [0.1, 0.15) is 11.4 Å². The van der Waals surface area contributed by atoms with Gasteiger partial charge >= 0.3 is 0 Å². The van der Waals surface area contributed by atoms with E-state index >= 15 is 0 Å². The van der Waals surface area contributed by atoms with E-state index in [0.29, 0.717) is 0 Å². The van der Waals surface area contributed by atoms with E-state index in [1.165, 1.54) is 5.56 Å². The van der Waals surface area contributed by atoms with Crippen LogP contribution in [0.3, 0.4) is 0 Å². The summed E-state index contributed by atoms with van der Waals surface area (Å²) in [6.07, 6.45) is 5.76. The molecular formula is C18H18N6. The van der Waals surface area contributed by atoms with E-state index in [2.05, 4.69) is 61.0 Å². The lowest BCUT2D eigenvalue weighted by molar-refractivity contribution is 0.682. The molecule has 0 saturated heterocycles. The number of benzene rings is 1. The SMILES string of the molecule is c1ccc(CNCc2cc(-c3n[nH]nc3-c3cc[nH]c3)c[nH]2)cc1. The molecule has 6 nitrogen and oxygen atoms in total. The number of nitrogens with zero attached hydrogens (tertiary/aromatic N) is 2. The predicted molar refractivity (Wildman–Crippen MR) is 92.9 cm³/mol. The first-order valence-corrected chi connectivity index (χ1v) is 7.86. The highest BCUT2D eigenvalue weighted by Gasteiger charge is 2.14. The van der Waals surface area contributed by atoms with Gasteiger partial charge in [-0.15, -0.1) is 0 Å². The molecule has 3 aromatic heterocycles. The Balaban J connectivity index is 1.45. The zero-order valence-corrected chi connectivity index (χ0v) is 13.1. The quantitative estimate of drug-likeness (QED) is 0.441. The van der Waals surface area contributed by atoms with E-state index in [1.807, 2.05) is 30.7 Å². The summed E-state index contributed by atoms with van der Waals surface area (Å²) in [4.78, 5) is 6.35. The fourth-order valence-electron chi connectivity index (χ4n) is 2.72. The summed E-state index contributed by atoms with van der Waals surface area (Å²) in [6, 6.07) is 14.5. The second-order valence-electron chi connectivity index (χ2n) is 5.62. The predicted octanol–water partition coefficient (Wildman–Crippen LogP) is 3.08. The molecule has 0 aliphatic rings. The molecule has 4 aromatic rings. The van der Waals surface area contributed by atoms with E-state index in [0.717, 1.165) is 41.3 Å². The number of aromatic amines is 3. The number of rotatable bonds is 6. The topological polar surface area (TPSA) is 85.2 Å². The van der Waals surface area contributed by atoms with Crippen LogP contribution in [-0.2, 0) is 13.1 Å². The van der Waals surface area contributed by atoms with Crippen molar-refractivity contribution in [3.63, 3.8) is 0 Å². The Kier molecular flexibility index (Phi) is 3.95. The molecule has 0 atom stereocenters. The van der Waals surface area contributed by atoms with Crippen molar-refractivity contribution >= 4 is 0 Å². The standard InChI is InChI=1S/C18H18N6/c1-2-4-13(5-3-1)9-20-12-16-8-15(11-21-16)18-17(22-24-23-18)14-6-7-19-10-14/h1-8,10-11,19-21H,9,12H2,(H,22,23,24). The fourth-order valence-corrected chi connectivity index (χ4v) is 2.72. The minimum atomic E-state index is 0.770. The van der Waals surface area contributed by atoms with Crippen molar-refractivity contribution in [1.82, 2.24) is 30.7 Å². The number of aromatic nitrogens is 5. The van der Waals surface area contributed by atoms with Crippen molar-refractivity contribution in [1.29, 1.82) is 0 Å². The summed E-state index contributed by atoms with van der Waals surface area (Å²) in [5, 5.41) is 14.7. The van der Waals surface area contributed by atoms with Crippen molar-refractivity contribution in [3.8, 4) is 22.5 Å². The van der Waals surface area contributed by atoms with E-state index in [4.69, 9.17) is 0 Å². The van der Waals surface area contributed by atoms with Crippen LogP contribution in [0.4, 0.5) is 0 Å². The molecule has 0 spiro atoms. The zero-order chi connectivity index (χ0) is 16.2. The van der Waals surface area contributed by atoms with E-state index in [9.17, 15) is 0 Å². The molecule has 0 radical (unpaired) electrons. The lowest BCUT2D eigenvalue weighted by Crippen LogP contribution is -2.12. The third-order valence-electron chi connectivity index (χ3n) is 3.92. The summed E-state index contributed by atoms with van der Waals surface area (Å²) < 4.78 is 0. The normalized spacial score (nSPS) is 11.0. The Morgan fingerprint density at radius 2 is 1.71 bits per heavy atom. The van der Waals surface area contributed by atoms with Gasteiger partial charge in [-0.25, -0.2) is 0 Å². The molecular weight excluding hydrogens is 300 g/mol. The highest BCUT2D eigenvalue weighted by atomic mass is 15.3. The van der Waals surface area contributed by atoms with Crippen molar-refractivity contribution in [2.75, 3.05) is 0 Å². The summed E-state index contributed by atoms with van der Waals surface area (Å²) in [7, 11) is 0. The molecule has 1 aromatic carbocycles. The van der Waals surface area contributed by atoms with Gasteiger partial charge in [0.05, 0.1) is 0 Å². The minimum Gasteiger partial charge on any atom is -0.367 e. The van der Waals surface area contributed by atoms with Crippen molar-refractivity contribution < 1.29 is 0 Å². The van der Waals surface area contributed by atoms with E-state index in [1.54, 1.807) is 0 Å². The van der Waals surface area contributed by atoms with Crippen LogP contribution in [0.15, 0.2) is 61.1 Å². The van der Waals surface area contributed by atoms with Crippen LogP contribution >= 0.6 is 0 Å². The lowest BCUT2D eigenvalue weighted by Gasteiger charge is -2.03. The Morgan fingerprint density at radius 3 is 2.50 bits per heavy atom. The Morgan fingerprint density at radius 1 is 0.875 bits per heavy atom. The van der Waals surface area contributed by atoms with Gasteiger partial charge in [0.2, 0.25) is 0 Å². The monoisotopic (exact) mass is 318 g/mol. The average molecular weight is 318 g/mol. The van der Waals surface area contributed by atoms with Gasteiger partial charge in [0.15, 0.2) is 0 Å². The molecule has 120 valence electrons. The van der Waals surface area contributed by atoms with Crippen LogP contribution in [0.2, 0.25) is 0 Å². The van der Waals surface area contributed by atoms with Crippen molar-refractivity contribution in [2.45, 2.75) is 13.1 Å². The molecule has 0 aliphatic carbocycles. The first kappa shape index (κ1) is 14.5. The van der Waals surface area contributed by atoms with Crippen molar-refractivity contribution in [3.05, 3.63) is 72.3 Å². The summed E-state index contributed by atoms with van der Waals surface area (Å²) in [5.74, 6) is 0. The Bertz CT molecular complexity index is 889. The maximum absolute atomic E-state index is 4.29. The summed E-state index contributed by atoms with van der Waals surface area (Å²) in [5.41, 5.74) is 6.12. The third-order valence-corrected chi connectivity index (χ3v) is 3.92. The Labute approximate surface area is 139 Å². The number of hydrogen-bond donors (Lipinski definition) is 4. The van der Waals surface area contributed by atoms with E-state index in [-0.39, 0.29) is 0 Å². The highest BCUT2D eigenvalue weighted by molar-refractivity contribution is 5.77. The molecule has 6 heteroatoms. The number of nitrogens with one attached hydrogen (secondary N) is 4. The van der Waals surface area contributed by atoms with Gasteiger partial charge < -0.3 is 15.3 Å². The summed E-state index contributed by atoms with van der Waals surface area (Å²) >= 11 is 0. The van der Waals surface area contributed by atoms with Crippen LogP contribution in [0.1, 0.15) is 11.3 Å². The number of H-pyrrole nitrogens is 3. The van der Waals surface area contributed by atoms with Gasteiger partial charge in [0.25, 0.3) is 0 Å². The van der Waals surface area contributed by atoms with Crippen LogP contribution in [-0.4, -0.2) is 25.4 Å². The minimum absolute atomic E-state index is 0.770. The van der Waals surface area contributed by atoms with Crippen LogP contribution in [0.5, 0.6) is 0 Å². The maximum atomic E-state index is 4.29. The maximum Gasteiger partial charge on any atom is 0.122 e. The first-order chi connectivity index (χ1) is 11.9. The molecule has 0 unspecified atom stereocenters. The molecule has 0 saturated carbocycles. The van der Waals surface area contributed by atoms with Crippen molar-refractivity contribution in [2.24, 2.45) is 0 Å². The lowest BCUT2D eigenvalue weighted by atomic mass is 10.1. The zero-order valence-electron chi connectivity index (χ0n) is 13.1. The van der Waals surface area contributed by atoms with Crippen LogP contribution < -0.4 is 5.32 Å². The van der Waals surface area contributed by atoms with Crippen LogP contribution in [0, 0.1) is 0 Å². The average Bonchev–Trinajstić information content (AvgIpc) is 3.36.